The highest BCUT2D eigenvalue weighted by molar-refractivity contribution is 14.1. The zero-order valence-corrected chi connectivity index (χ0v) is 15.4. The number of unbranched alkanes of at least 4 members (excludes halogenated alkanes) is 1. The Morgan fingerprint density at radius 2 is 1.86 bits per heavy atom. The third-order valence-corrected chi connectivity index (χ3v) is 4.73. The van der Waals surface area contributed by atoms with Gasteiger partial charge in [-0.1, -0.05) is 49.2 Å². The van der Waals surface area contributed by atoms with Crippen molar-refractivity contribution in [2.45, 2.75) is 39.2 Å². The van der Waals surface area contributed by atoms with E-state index in [1.807, 2.05) is 18.2 Å². The van der Waals surface area contributed by atoms with Crippen molar-refractivity contribution in [3.05, 3.63) is 62.2 Å². The topological polar surface area (TPSA) is 12.0 Å². The zero-order chi connectivity index (χ0) is 15.2. The Kier molecular flexibility index (Phi) is 6.37. The maximum Gasteiger partial charge on any atom is 0.0486 e. The summed E-state index contributed by atoms with van der Waals surface area (Å²) in [6.45, 7) is 4.42. The minimum absolute atomic E-state index is 0.278. The van der Waals surface area contributed by atoms with Crippen LogP contribution < -0.4 is 5.32 Å². The average Bonchev–Trinajstić information content (AvgIpc) is 2.48. The molecule has 0 bridgehead atoms. The van der Waals surface area contributed by atoms with Crippen LogP contribution in [-0.4, -0.2) is 0 Å². The Morgan fingerprint density at radius 1 is 1.14 bits per heavy atom. The number of nitrogens with one attached hydrogen (secondary N) is 1. The standard InChI is InChI=1S/C18H21ClIN/c1-3-4-5-14-6-8-15(9-7-14)13(2)21-18-11-10-16(19)12-17(18)20/h6-13,21H,3-5H2,1-2H3. The second-order valence-electron chi connectivity index (χ2n) is 5.34. The van der Waals surface area contributed by atoms with E-state index < -0.39 is 0 Å². The van der Waals surface area contributed by atoms with Crippen molar-refractivity contribution >= 4 is 39.9 Å². The van der Waals surface area contributed by atoms with Crippen LogP contribution in [0.1, 0.15) is 43.9 Å². The van der Waals surface area contributed by atoms with Crippen LogP contribution in [0, 0.1) is 3.57 Å². The number of halogens is 2. The number of benzene rings is 2. The van der Waals surface area contributed by atoms with Gasteiger partial charge in [-0.25, -0.2) is 0 Å². The molecule has 1 nitrogen and oxygen atoms in total. The molecule has 21 heavy (non-hydrogen) atoms. The van der Waals surface area contributed by atoms with Crippen molar-refractivity contribution < 1.29 is 0 Å². The molecule has 0 aliphatic rings. The van der Waals surface area contributed by atoms with Crippen molar-refractivity contribution in [1.82, 2.24) is 0 Å². The molecule has 1 unspecified atom stereocenters. The van der Waals surface area contributed by atoms with Crippen molar-refractivity contribution in [2.75, 3.05) is 5.32 Å². The molecule has 0 aliphatic heterocycles. The van der Waals surface area contributed by atoms with Gasteiger partial charge in [-0.15, -0.1) is 0 Å². The SMILES string of the molecule is CCCCc1ccc(C(C)Nc2ccc(Cl)cc2I)cc1. The Balaban J connectivity index is 2.04. The van der Waals surface area contributed by atoms with E-state index in [-0.39, 0.29) is 6.04 Å². The van der Waals surface area contributed by atoms with Crippen molar-refractivity contribution in [2.24, 2.45) is 0 Å². The molecule has 0 heterocycles. The maximum absolute atomic E-state index is 6.00. The number of anilines is 1. The normalized spacial score (nSPS) is 12.2. The lowest BCUT2D eigenvalue weighted by Crippen LogP contribution is -2.07. The van der Waals surface area contributed by atoms with Gasteiger partial charge in [0.1, 0.15) is 0 Å². The molecule has 0 radical (unpaired) electrons. The predicted octanol–water partition coefficient (Wildman–Crippen LogP) is 6.46. The lowest BCUT2D eigenvalue weighted by molar-refractivity contribution is 0.793. The van der Waals surface area contributed by atoms with Gasteiger partial charge in [0.05, 0.1) is 0 Å². The summed E-state index contributed by atoms with van der Waals surface area (Å²) >= 11 is 8.31. The molecule has 1 atom stereocenters. The Hall–Kier alpha value is -0.740. The molecule has 0 saturated heterocycles. The minimum atomic E-state index is 0.278. The van der Waals surface area contributed by atoms with Gasteiger partial charge in [0.15, 0.2) is 0 Å². The van der Waals surface area contributed by atoms with Crippen LogP contribution in [0.25, 0.3) is 0 Å². The predicted molar refractivity (Wildman–Crippen MR) is 101 cm³/mol. The van der Waals surface area contributed by atoms with Crippen LogP contribution in [0.4, 0.5) is 5.69 Å². The first-order chi connectivity index (χ1) is 10.1. The highest BCUT2D eigenvalue weighted by atomic mass is 127. The molecule has 2 aromatic rings. The summed E-state index contributed by atoms with van der Waals surface area (Å²) in [5, 5.41) is 4.33. The number of hydrogen-bond acceptors (Lipinski definition) is 1. The maximum atomic E-state index is 6.00. The number of rotatable bonds is 6. The van der Waals surface area contributed by atoms with Gasteiger partial charge in [0.2, 0.25) is 0 Å². The average molecular weight is 414 g/mol. The third-order valence-electron chi connectivity index (χ3n) is 3.60. The van der Waals surface area contributed by atoms with E-state index in [1.165, 1.54) is 30.4 Å². The fourth-order valence-corrected chi connectivity index (χ4v) is 3.30. The van der Waals surface area contributed by atoms with Crippen LogP contribution in [-0.2, 0) is 6.42 Å². The summed E-state index contributed by atoms with van der Waals surface area (Å²) in [5.74, 6) is 0. The first-order valence-electron chi connectivity index (χ1n) is 7.40. The molecule has 2 aromatic carbocycles. The number of aryl methyl sites for hydroxylation is 1. The minimum Gasteiger partial charge on any atom is -0.378 e. The molecule has 3 heteroatoms. The van der Waals surface area contributed by atoms with Gasteiger partial charge >= 0.3 is 0 Å². The molecule has 0 fully saturated rings. The van der Waals surface area contributed by atoms with Crippen LogP contribution in [0.5, 0.6) is 0 Å². The third kappa shape index (κ3) is 4.89. The van der Waals surface area contributed by atoms with Gasteiger partial charge in [-0.3, -0.25) is 0 Å². The highest BCUT2D eigenvalue weighted by Crippen LogP contribution is 2.26. The molecule has 0 spiro atoms. The van der Waals surface area contributed by atoms with Gasteiger partial charge in [-0.05, 0) is 71.7 Å². The zero-order valence-electron chi connectivity index (χ0n) is 12.5. The molecule has 0 aliphatic carbocycles. The van der Waals surface area contributed by atoms with Crippen LogP contribution in [0.3, 0.4) is 0 Å². The van der Waals surface area contributed by atoms with Gasteiger partial charge in [0, 0.05) is 20.3 Å². The lowest BCUT2D eigenvalue weighted by Gasteiger charge is -2.17. The van der Waals surface area contributed by atoms with E-state index in [1.54, 1.807) is 0 Å². The Bertz CT molecular complexity index is 580. The lowest BCUT2D eigenvalue weighted by atomic mass is 10.0. The van der Waals surface area contributed by atoms with E-state index in [0.717, 1.165) is 14.3 Å². The first kappa shape index (κ1) is 16.6. The molecule has 0 saturated carbocycles. The van der Waals surface area contributed by atoms with Crippen molar-refractivity contribution in [1.29, 1.82) is 0 Å². The van der Waals surface area contributed by atoms with Gasteiger partial charge in [0.25, 0.3) is 0 Å². The van der Waals surface area contributed by atoms with E-state index in [0.29, 0.717) is 0 Å². The van der Waals surface area contributed by atoms with Crippen molar-refractivity contribution in [3.63, 3.8) is 0 Å². The first-order valence-corrected chi connectivity index (χ1v) is 8.86. The molecule has 112 valence electrons. The van der Waals surface area contributed by atoms with Crippen molar-refractivity contribution in [3.8, 4) is 0 Å². The summed E-state index contributed by atoms with van der Waals surface area (Å²) in [6.07, 6.45) is 3.68. The quantitative estimate of drug-likeness (QED) is 0.536. The molecular weight excluding hydrogens is 393 g/mol. The largest absolute Gasteiger partial charge is 0.378 e. The monoisotopic (exact) mass is 413 g/mol. The van der Waals surface area contributed by atoms with Crippen LogP contribution in [0.2, 0.25) is 5.02 Å². The Labute approximate surface area is 146 Å². The second kappa shape index (κ2) is 8.04. The summed E-state index contributed by atoms with van der Waals surface area (Å²) in [7, 11) is 0. The van der Waals surface area contributed by atoms with E-state index >= 15 is 0 Å². The molecule has 0 aromatic heterocycles. The van der Waals surface area contributed by atoms with Crippen LogP contribution >= 0.6 is 34.2 Å². The van der Waals surface area contributed by atoms with Crippen LogP contribution in [0.15, 0.2) is 42.5 Å². The van der Waals surface area contributed by atoms with E-state index in [4.69, 9.17) is 11.6 Å². The molecule has 2 rings (SSSR count). The summed E-state index contributed by atoms with van der Waals surface area (Å²) in [6, 6.07) is 15.2. The molecule has 0 amide bonds. The summed E-state index contributed by atoms with van der Waals surface area (Å²) in [5.41, 5.74) is 3.86. The summed E-state index contributed by atoms with van der Waals surface area (Å²) < 4.78 is 1.14. The highest BCUT2D eigenvalue weighted by Gasteiger charge is 2.08. The number of hydrogen-bond donors (Lipinski definition) is 1. The van der Waals surface area contributed by atoms with Gasteiger partial charge < -0.3 is 5.32 Å². The molecule has 1 N–H and O–H groups in total. The van der Waals surface area contributed by atoms with Gasteiger partial charge in [-0.2, -0.15) is 0 Å². The summed E-state index contributed by atoms with van der Waals surface area (Å²) in [4.78, 5) is 0. The molecular formula is C18H21ClIN. The smallest absolute Gasteiger partial charge is 0.0486 e. The van der Waals surface area contributed by atoms with E-state index in [2.05, 4.69) is 66.0 Å². The fraction of sp³-hybridized carbons (Fsp3) is 0.333. The second-order valence-corrected chi connectivity index (χ2v) is 6.93. The Morgan fingerprint density at radius 3 is 2.48 bits per heavy atom. The fourth-order valence-electron chi connectivity index (χ4n) is 2.28. The van der Waals surface area contributed by atoms with E-state index in [9.17, 15) is 0 Å².